The van der Waals surface area contributed by atoms with Crippen molar-refractivity contribution in [2.45, 2.75) is 180 Å². The first-order chi connectivity index (χ1) is 25.0. The maximum atomic E-state index is 11.0. The van der Waals surface area contributed by atoms with Crippen molar-refractivity contribution in [1.82, 2.24) is 9.97 Å². The zero-order valence-electron chi connectivity index (χ0n) is 35.8. The van der Waals surface area contributed by atoms with E-state index in [9.17, 15) is 10.2 Å². The van der Waals surface area contributed by atoms with E-state index in [2.05, 4.69) is 125 Å². The summed E-state index contributed by atoms with van der Waals surface area (Å²) < 4.78 is 5.92. The van der Waals surface area contributed by atoms with Crippen molar-refractivity contribution in [3.63, 3.8) is 0 Å². The fraction of sp³-hybridized carbons (Fsp3) is 0.617. The summed E-state index contributed by atoms with van der Waals surface area (Å²) in [7, 11) is 1.81. The molecule has 7 heteroatoms. The number of hydrogen-bond acceptors (Lipinski definition) is 7. The van der Waals surface area contributed by atoms with Crippen molar-refractivity contribution >= 4 is 22.7 Å². The van der Waals surface area contributed by atoms with E-state index in [1.165, 1.54) is 50.0 Å². The molecular formula is C47H68N2O3S2. The minimum atomic E-state index is -0.209. The summed E-state index contributed by atoms with van der Waals surface area (Å²) in [4.78, 5) is 10.1. The molecule has 2 N–H and O–H groups in total. The molecular weight excluding hydrogens is 705 g/mol. The van der Waals surface area contributed by atoms with Crippen LogP contribution in [0.2, 0.25) is 0 Å². The third kappa shape index (κ3) is 8.64. The van der Waals surface area contributed by atoms with Gasteiger partial charge in [0.15, 0.2) is 0 Å². The van der Waals surface area contributed by atoms with Crippen molar-refractivity contribution in [2.24, 2.45) is 0 Å². The van der Waals surface area contributed by atoms with Gasteiger partial charge in [0.05, 0.1) is 16.4 Å². The van der Waals surface area contributed by atoms with E-state index >= 15 is 0 Å². The third-order valence-electron chi connectivity index (χ3n) is 11.9. The SMILES string of the molecule is CCC1(c2nc(-c3cc(C(C)(C)C)c(O)c(C(C)(C)C)c3)cs2)CCCC1.COC1(c2nc(-c3cc(C(C)(C)C)c(O)c(C(C)(C)C)c3)cs2)CCCC1. The van der Waals surface area contributed by atoms with E-state index in [-0.39, 0.29) is 27.3 Å². The van der Waals surface area contributed by atoms with Crippen LogP contribution < -0.4 is 0 Å². The predicted octanol–water partition coefficient (Wildman–Crippen LogP) is 13.9. The Bertz CT molecular complexity index is 1700. The molecule has 6 rings (SSSR count). The highest BCUT2D eigenvalue weighted by atomic mass is 32.1. The highest BCUT2D eigenvalue weighted by molar-refractivity contribution is 7.10. The lowest BCUT2D eigenvalue weighted by Crippen LogP contribution is -2.24. The molecule has 2 aromatic heterocycles. The van der Waals surface area contributed by atoms with Crippen LogP contribution >= 0.6 is 22.7 Å². The number of phenolic OH excluding ortho intramolecular Hbond substituents is 2. The number of nitrogens with zero attached hydrogens (tertiary/aromatic N) is 2. The molecule has 54 heavy (non-hydrogen) atoms. The molecule has 0 atom stereocenters. The summed E-state index contributed by atoms with van der Waals surface area (Å²) in [5.74, 6) is 0.855. The summed E-state index contributed by atoms with van der Waals surface area (Å²) in [5, 5.41) is 28.7. The van der Waals surface area contributed by atoms with Crippen LogP contribution in [-0.4, -0.2) is 27.3 Å². The van der Waals surface area contributed by atoms with Gasteiger partial charge in [-0.25, -0.2) is 9.97 Å². The first kappa shape index (κ1) is 42.4. The minimum absolute atomic E-state index is 0.116. The molecule has 0 unspecified atom stereocenters. The number of phenols is 2. The predicted molar refractivity (Wildman–Crippen MR) is 231 cm³/mol. The molecule has 2 saturated carbocycles. The van der Waals surface area contributed by atoms with Crippen LogP contribution in [0.25, 0.3) is 22.5 Å². The zero-order chi connectivity index (χ0) is 40.1. The van der Waals surface area contributed by atoms with Gasteiger partial charge in [-0.15, -0.1) is 22.7 Å². The molecule has 296 valence electrons. The molecule has 0 aliphatic heterocycles. The molecule has 0 amide bonds. The molecule has 0 radical (unpaired) electrons. The van der Waals surface area contributed by atoms with Crippen molar-refractivity contribution in [3.05, 3.63) is 67.3 Å². The number of benzene rings is 2. The third-order valence-corrected chi connectivity index (χ3v) is 14.1. The normalized spacial score (nSPS) is 17.4. The van der Waals surface area contributed by atoms with Gasteiger partial charge in [-0.05, 0) is 78.0 Å². The maximum absolute atomic E-state index is 11.0. The van der Waals surface area contributed by atoms with E-state index in [0.29, 0.717) is 16.9 Å². The lowest BCUT2D eigenvalue weighted by atomic mass is 9.78. The van der Waals surface area contributed by atoms with Gasteiger partial charge in [-0.1, -0.05) is 116 Å². The number of ether oxygens (including phenoxy) is 1. The summed E-state index contributed by atoms with van der Waals surface area (Å²) in [6.07, 6.45) is 10.9. The largest absolute Gasteiger partial charge is 0.507 e. The van der Waals surface area contributed by atoms with Crippen molar-refractivity contribution in [2.75, 3.05) is 7.11 Å². The number of methoxy groups -OCH3 is 1. The molecule has 2 fully saturated rings. The van der Waals surface area contributed by atoms with E-state index < -0.39 is 0 Å². The van der Waals surface area contributed by atoms with Crippen molar-refractivity contribution < 1.29 is 14.9 Å². The van der Waals surface area contributed by atoms with Crippen LogP contribution in [0.5, 0.6) is 11.5 Å². The smallest absolute Gasteiger partial charge is 0.125 e. The fourth-order valence-electron chi connectivity index (χ4n) is 8.34. The van der Waals surface area contributed by atoms with E-state index in [4.69, 9.17) is 14.7 Å². The first-order valence-electron chi connectivity index (χ1n) is 20.2. The lowest BCUT2D eigenvalue weighted by molar-refractivity contribution is -0.00879. The Morgan fingerprint density at radius 3 is 1.24 bits per heavy atom. The molecule has 0 bridgehead atoms. The van der Waals surface area contributed by atoms with Crippen LogP contribution in [0.15, 0.2) is 35.0 Å². The molecule has 2 aliphatic rings. The maximum Gasteiger partial charge on any atom is 0.125 e. The highest BCUT2D eigenvalue weighted by Gasteiger charge is 2.39. The monoisotopic (exact) mass is 772 g/mol. The summed E-state index contributed by atoms with van der Waals surface area (Å²) in [6.45, 7) is 28.1. The highest BCUT2D eigenvalue weighted by Crippen LogP contribution is 2.48. The minimum Gasteiger partial charge on any atom is -0.507 e. The molecule has 5 nitrogen and oxygen atoms in total. The van der Waals surface area contributed by atoms with Gasteiger partial charge in [0.1, 0.15) is 22.1 Å². The van der Waals surface area contributed by atoms with Gasteiger partial charge in [0.2, 0.25) is 0 Å². The lowest BCUT2D eigenvalue weighted by Gasteiger charge is -2.28. The molecule has 0 spiro atoms. The van der Waals surface area contributed by atoms with Gasteiger partial charge < -0.3 is 14.9 Å². The average molecular weight is 773 g/mol. The van der Waals surface area contributed by atoms with Crippen molar-refractivity contribution in [3.8, 4) is 34.0 Å². The second-order valence-corrected chi connectivity index (χ2v) is 21.9. The van der Waals surface area contributed by atoms with Crippen molar-refractivity contribution in [1.29, 1.82) is 0 Å². The van der Waals surface area contributed by atoms with Crippen LogP contribution in [0.3, 0.4) is 0 Å². The number of aromatic hydroxyl groups is 2. The average Bonchev–Trinajstić information content (AvgIpc) is 3.90. The van der Waals surface area contributed by atoms with Crippen LogP contribution in [-0.2, 0) is 37.4 Å². The van der Waals surface area contributed by atoms with Gasteiger partial charge in [0, 0.05) is 56.7 Å². The van der Waals surface area contributed by atoms with E-state index in [1.54, 1.807) is 11.3 Å². The topological polar surface area (TPSA) is 75.5 Å². The summed E-state index contributed by atoms with van der Waals surface area (Å²) in [6, 6.07) is 8.52. The van der Waals surface area contributed by atoms with Crippen LogP contribution in [0, 0.1) is 0 Å². The molecule has 0 saturated heterocycles. The molecule has 2 aliphatic carbocycles. The Morgan fingerprint density at radius 1 is 0.574 bits per heavy atom. The molecule has 2 heterocycles. The standard InChI is InChI=1S/C24H35NOS.C23H33NO2S/c1-8-24(11-9-10-12-24)21-25-19(15-27-21)16-13-17(22(2,3)4)20(26)18(14-16)23(5,6)7;1-21(2,3)16-12-15(13-17(19(16)25)22(4,5)6)18-14-27-20(24-18)23(26-7)10-8-9-11-23/h13-15,26H,8-12H2,1-7H3;12-14,25H,8-11H2,1-7H3. The quantitative estimate of drug-likeness (QED) is 0.204. The summed E-state index contributed by atoms with van der Waals surface area (Å²) >= 11 is 3.52. The number of aromatic nitrogens is 2. The number of rotatable bonds is 6. The Balaban J connectivity index is 0.000000208. The van der Waals surface area contributed by atoms with Crippen LogP contribution in [0.4, 0.5) is 0 Å². The Kier molecular flexibility index (Phi) is 12.0. The van der Waals surface area contributed by atoms with Gasteiger partial charge >= 0.3 is 0 Å². The van der Waals surface area contributed by atoms with Gasteiger partial charge in [-0.2, -0.15) is 0 Å². The zero-order valence-corrected chi connectivity index (χ0v) is 37.5. The second-order valence-electron chi connectivity index (χ2n) is 20.2. The number of thiazole rings is 2. The van der Waals surface area contributed by atoms with E-state index in [0.717, 1.165) is 62.6 Å². The molecule has 2 aromatic carbocycles. The second kappa shape index (κ2) is 15.3. The molecule has 4 aromatic rings. The van der Waals surface area contributed by atoms with Crippen LogP contribution in [0.1, 0.15) is 180 Å². The fourth-order valence-corrected chi connectivity index (χ4v) is 10.6. The van der Waals surface area contributed by atoms with Gasteiger partial charge in [0.25, 0.3) is 0 Å². The van der Waals surface area contributed by atoms with E-state index in [1.807, 2.05) is 18.4 Å². The Labute approximate surface area is 335 Å². The van der Waals surface area contributed by atoms with Gasteiger partial charge in [-0.3, -0.25) is 0 Å². The number of hydrogen-bond donors (Lipinski definition) is 2. The first-order valence-corrected chi connectivity index (χ1v) is 22.0. The Morgan fingerprint density at radius 2 is 0.907 bits per heavy atom. The Hall–Kier alpha value is -2.74. The summed E-state index contributed by atoms with van der Waals surface area (Å²) in [5.41, 5.74) is 7.78.